The molecule has 0 amide bonds. The van der Waals surface area contributed by atoms with E-state index >= 15 is 0 Å². The Morgan fingerprint density at radius 3 is 2.65 bits per heavy atom. The van der Waals surface area contributed by atoms with E-state index < -0.39 is 9.84 Å². The van der Waals surface area contributed by atoms with Crippen molar-refractivity contribution >= 4 is 21.6 Å². The van der Waals surface area contributed by atoms with E-state index in [4.69, 9.17) is 0 Å². The maximum Gasteiger partial charge on any atom is 0.230 e. The molecule has 8 heteroatoms. The Morgan fingerprint density at radius 2 is 2.00 bits per heavy atom. The van der Waals surface area contributed by atoms with Crippen molar-refractivity contribution in [3.63, 3.8) is 0 Å². The number of thioether (sulfide) groups is 1. The quantitative estimate of drug-likeness (QED) is 0.807. The van der Waals surface area contributed by atoms with Crippen molar-refractivity contribution in [1.82, 2.24) is 20.6 Å². The predicted octanol–water partition coefficient (Wildman–Crippen LogP) is 0.766. The number of hydrogen-bond donors (Lipinski definition) is 1. The van der Waals surface area contributed by atoms with Gasteiger partial charge in [0.2, 0.25) is 5.16 Å². The van der Waals surface area contributed by atoms with Crippen LogP contribution in [0, 0.1) is 0 Å². The van der Waals surface area contributed by atoms with Gasteiger partial charge in [0, 0.05) is 5.75 Å². The zero-order chi connectivity index (χ0) is 12.1. The van der Waals surface area contributed by atoms with Gasteiger partial charge in [0.05, 0.1) is 10.6 Å². The minimum Gasteiger partial charge on any atom is -0.224 e. The molecule has 0 aliphatic rings. The minimum atomic E-state index is -3.22. The first-order valence-corrected chi connectivity index (χ1v) is 7.46. The third kappa shape index (κ3) is 3.27. The van der Waals surface area contributed by atoms with Crippen LogP contribution in [0.5, 0.6) is 0 Å². The molecule has 0 aliphatic heterocycles. The van der Waals surface area contributed by atoms with Gasteiger partial charge in [-0.2, -0.15) is 5.21 Å². The van der Waals surface area contributed by atoms with Gasteiger partial charge >= 0.3 is 0 Å². The summed E-state index contributed by atoms with van der Waals surface area (Å²) >= 11 is 1.25. The second-order valence-electron chi connectivity index (χ2n) is 3.17. The van der Waals surface area contributed by atoms with Crippen LogP contribution in [0.2, 0.25) is 0 Å². The topological polar surface area (TPSA) is 88.6 Å². The van der Waals surface area contributed by atoms with Crippen molar-refractivity contribution < 1.29 is 8.42 Å². The summed E-state index contributed by atoms with van der Waals surface area (Å²) < 4.78 is 23.8. The van der Waals surface area contributed by atoms with E-state index in [9.17, 15) is 8.42 Å². The van der Waals surface area contributed by atoms with Gasteiger partial charge in [-0.3, -0.25) is 0 Å². The monoisotopic (exact) mass is 270 g/mol. The van der Waals surface area contributed by atoms with Gasteiger partial charge in [-0.05, 0) is 17.3 Å². The summed E-state index contributed by atoms with van der Waals surface area (Å²) in [5.41, 5.74) is 0. The summed E-state index contributed by atoms with van der Waals surface area (Å²) in [5, 5.41) is 13.6. The molecule has 2 aromatic rings. The maximum atomic E-state index is 11.9. The Labute approximate surface area is 103 Å². The Balaban J connectivity index is 1.95. The number of tetrazole rings is 1. The van der Waals surface area contributed by atoms with Gasteiger partial charge in [-0.25, -0.2) is 8.42 Å². The second-order valence-corrected chi connectivity index (χ2v) is 6.35. The van der Waals surface area contributed by atoms with E-state index in [2.05, 4.69) is 20.6 Å². The molecule has 0 saturated carbocycles. The largest absolute Gasteiger partial charge is 0.230 e. The van der Waals surface area contributed by atoms with Gasteiger partial charge in [-0.15, -0.1) is 10.2 Å². The Morgan fingerprint density at radius 1 is 1.24 bits per heavy atom. The molecule has 90 valence electrons. The molecule has 1 N–H and O–H groups in total. The fraction of sp³-hybridized carbons (Fsp3) is 0.222. The van der Waals surface area contributed by atoms with Crippen LogP contribution in [-0.2, 0) is 9.84 Å². The third-order valence-electron chi connectivity index (χ3n) is 2.01. The number of H-pyrrole nitrogens is 1. The number of nitrogens with zero attached hydrogens (tertiary/aromatic N) is 3. The second kappa shape index (κ2) is 5.28. The zero-order valence-electron chi connectivity index (χ0n) is 8.78. The third-order valence-corrected chi connectivity index (χ3v) is 4.84. The first-order chi connectivity index (χ1) is 8.18. The van der Waals surface area contributed by atoms with Crippen LogP contribution < -0.4 is 0 Å². The molecule has 0 radical (unpaired) electrons. The summed E-state index contributed by atoms with van der Waals surface area (Å²) in [5.74, 6) is 0.451. The molecule has 0 bridgehead atoms. The molecule has 0 atom stereocenters. The number of aromatic amines is 1. The molecule has 17 heavy (non-hydrogen) atoms. The number of aromatic nitrogens is 4. The molecule has 0 saturated heterocycles. The maximum absolute atomic E-state index is 11.9. The highest BCUT2D eigenvalue weighted by molar-refractivity contribution is 8.00. The van der Waals surface area contributed by atoms with Gasteiger partial charge in [0.15, 0.2) is 9.84 Å². The summed E-state index contributed by atoms with van der Waals surface area (Å²) in [4.78, 5) is 0.341. The SMILES string of the molecule is O=S(=O)(CCSc1nn[nH]n1)c1ccccc1. The lowest BCUT2D eigenvalue weighted by atomic mass is 10.4. The van der Waals surface area contributed by atoms with Crippen molar-refractivity contribution in [3.8, 4) is 0 Å². The molecule has 1 aromatic heterocycles. The molecule has 0 unspecified atom stereocenters. The first-order valence-electron chi connectivity index (χ1n) is 4.82. The number of benzene rings is 1. The molecule has 1 aromatic carbocycles. The first kappa shape index (κ1) is 12.1. The smallest absolute Gasteiger partial charge is 0.224 e. The van der Waals surface area contributed by atoms with Crippen molar-refractivity contribution in [2.75, 3.05) is 11.5 Å². The summed E-state index contributed by atoms with van der Waals surface area (Å²) in [6.07, 6.45) is 0. The van der Waals surface area contributed by atoms with E-state index in [0.29, 0.717) is 15.8 Å². The van der Waals surface area contributed by atoms with Crippen molar-refractivity contribution in [3.05, 3.63) is 30.3 Å². The van der Waals surface area contributed by atoms with Crippen LogP contribution in [0.1, 0.15) is 0 Å². The van der Waals surface area contributed by atoms with Gasteiger partial charge in [-0.1, -0.05) is 30.0 Å². The zero-order valence-corrected chi connectivity index (χ0v) is 10.4. The van der Waals surface area contributed by atoms with Crippen LogP contribution in [-0.4, -0.2) is 40.5 Å². The fourth-order valence-electron chi connectivity index (χ4n) is 1.20. The fourth-order valence-corrected chi connectivity index (χ4v) is 3.61. The Kier molecular flexibility index (Phi) is 3.75. The van der Waals surface area contributed by atoms with E-state index in [-0.39, 0.29) is 5.75 Å². The summed E-state index contributed by atoms with van der Waals surface area (Å²) in [6.45, 7) is 0. The molecule has 6 nitrogen and oxygen atoms in total. The van der Waals surface area contributed by atoms with E-state index in [0.717, 1.165) is 0 Å². The van der Waals surface area contributed by atoms with Crippen LogP contribution in [0.15, 0.2) is 40.4 Å². The lowest BCUT2D eigenvalue weighted by Crippen LogP contribution is -2.08. The van der Waals surface area contributed by atoms with Crippen LogP contribution >= 0.6 is 11.8 Å². The molecule has 1 heterocycles. The molecule has 0 fully saturated rings. The number of nitrogens with one attached hydrogen (secondary N) is 1. The predicted molar refractivity (Wildman–Crippen MR) is 63.4 cm³/mol. The average Bonchev–Trinajstić information content (AvgIpc) is 2.83. The van der Waals surface area contributed by atoms with E-state index in [1.165, 1.54) is 11.8 Å². The summed E-state index contributed by atoms with van der Waals surface area (Å²) in [7, 11) is -3.22. The molecular formula is C9H10N4O2S2. The highest BCUT2D eigenvalue weighted by Crippen LogP contribution is 2.15. The average molecular weight is 270 g/mol. The van der Waals surface area contributed by atoms with Crippen LogP contribution in [0.25, 0.3) is 0 Å². The Hall–Kier alpha value is -1.41. The normalized spacial score (nSPS) is 11.5. The molecule has 0 spiro atoms. The standard InChI is InChI=1S/C9H10N4O2S2/c14-17(15,8-4-2-1-3-5-8)7-6-16-9-10-12-13-11-9/h1-5H,6-7H2,(H,10,11,12,13). The van der Waals surface area contributed by atoms with Gasteiger partial charge in [0.25, 0.3) is 0 Å². The number of rotatable bonds is 5. The number of hydrogen-bond acceptors (Lipinski definition) is 6. The lowest BCUT2D eigenvalue weighted by Gasteiger charge is -2.02. The molecule has 0 aliphatic carbocycles. The molecule has 2 rings (SSSR count). The van der Waals surface area contributed by atoms with Crippen molar-refractivity contribution in [2.45, 2.75) is 10.1 Å². The van der Waals surface area contributed by atoms with E-state index in [1.54, 1.807) is 30.3 Å². The van der Waals surface area contributed by atoms with Crippen molar-refractivity contribution in [1.29, 1.82) is 0 Å². The Bertz CT molecular complexity index is 554. The van der Waals surface area contributed by atoms with E-state index in [1.807, 2.05) is 0 Å². The highest BCUT2D eigenvalue weighted by atomic mass is 32.2. The summed E-state index contributed by atoms with van der Waals surface area (Å²) in [6, 6.07) is 8.38. The molecular weight excluding hydrogens is 260 g/mol. The highest BCUT2D eigenvalue weighted by Gasteiger charge is 2.14. The van der Waals surface area contributed by atoms with Gasteiger partial charge < -0.3 is 0 Å². The number of sulfone groups is 1. The van der Waals surface area contributed by atoms with Crippen LogP contribution in [0.4, 0.5) is 0 Å². The van der Waals surface area contributed by atoms with Crippen molar-refractivity contribution in [2.24, 2.45) is 0 Å². The lowest BCUT2D eigenvalue weighted by molar-refractivity contribution is 0.597. The minimum absolute atomic E-state index is 0.0518. The van der Waals surface area contributed by atoms with Crippen LogP contribution in [0.3, 0.4) is 0 Å². The van der Waals surface area contributed by atoms with Gasteiger partial charge in [0.1, 0.15) is 0 Å².